The van der Waals surface area contributed by atoms with Crippen LogP contribution in [0, 0.1) is 5.82 Å². The van der Waals surface area contributed by atoms with Crippen LogP contribution in [0.25, 0.3) is 10.8 Å². The van der Waals surface area contributed by atoms with Gasteiger partial charge in [-0.25, -0.2) is 4.39 Å². The number of benzene rings is 1. The van der Waals surface area contributed by atoms with Crippen LogP contribution >= 0.6 is 0 Å². The minimum absolute atomic E-state index is 0.132. The van der Waals surface area contributed by atoms with E-state index in [1.807, 2.05) is 11.0 Å². The number of aromatic nitrogens is 1. The minimum atomic E-state index is -0.426. The zero-order valence-electron chi connectivity index (χ0n) is 11.7. The van der Waals surface area contributed by atoms with Crippen molar-refractivity contribution in [1.82, 2.24) is 9.88 Å². The van der Waals surface area contributed by atoms with E-state index in [4.69, 9.17) is 0 Å². The van der Waals surface area contributed by atoms with Crippen molar-refractivity contribution in [2.24, 2.45) is 0 Å². The van der Waals surface area contributed by atoms with Gasteiger partial charge in [-0.05, 0) is 42.8 Å². The second-order valence-corrected chi connectivity index (χ2v) is 5.44. The monoisotopic (exact) mass is 288 g/mol. The molecule has 21 heavy (non-hydrogen) atoms. The van der Waals surface area contributed by atoms with Gasteiger partial charge in [0.1, 0.15) is 5.82 Å². The Hall–Kier alpha value is -2.17. The minimum Gasteiger partial charge on any atom is -0.343 e. The summed E-state index contributed by atoms with van der Waals surface area (Å²) in [6, 6.07) is 5.97. The van der Waals surface area contributed by atoms with E-state index in [9.17, 15) is 14.0 Å². The molecule has 0 saturated carbocycles. The number of hydrogen-bond donors (Lipinski definition) is 1. The fourth-order valence-electron chi connectivity index (χ4n) is 2.79. The molecule has 0 aliphatic carbocycles. The van der Waals surface area contributed by atoms with Gasteiger partial charge in [0.05, 0.1) is 0 Å². The molecule has 5 heteroatoms. The zero-order valence-corrected chi connectivity index (χ0v) is 11.7. The van der Waals surface area contributed by atoms with Gasteiger partial charge in [0.25, 0.3) is 5.56 Å². The van der Waals surface area contributed by atoms with E-state index in [1.165, 1.54) is 12.1 Å². The van der Waals surface area contributed by atoms with Crippen LogP contribution in [0.1, 0.15) is 25.0 Å². The first-order valence-corrected chi connectivity index (χ1v) is 7.23. The molecular weight excluding hydrogens is 271 g/mol. The average Bonchev–Trinajstić information content (AvgIpc) is 3.00. The highest BCUT2D eigenvalue weighted by atomic mass is 19.1. The summed E-state index contributed by atoms with van der Waals surface area (Å²) in [7, 11) is 0. The molecule has 0 bridgehead atoms. The summed E-state index contributed by atoms with van der Waals surface area (Å²) in [5, 5.41) is 1.04. The predicted octanol–water partition coefficient (Wildman–Crippen LogP) is 2.22. The zero-order chi connectivity index (χ0) is 14.8. The van der Waals surface area contributed by atoms with Gasteiger partial charge in [-0.2, -0.15) is 0 Å². The molecule has 1 aromatic heterocycles. The van der Waals surface area contributed by atoms with Crippen molar-refractivity contribution in [3.05, 3.63) is 46.1 Å². The molecule has 0 unspecified atom stereocenters. The Morgan fingerprint density at radius 3 is 2.76 bits per heavy atom. The van der Waals surface area contributed by atoms with Crippen molar-refractivity contribution in [1.29, 1.82) is 0 Å². The van der Waals surface area contributed by atoms with Gasteiger partial charge in [-0.1, -0.05) is 6.07 Å². The smallest absolute Gasteiger partial charge is 0.256 e. The molecule has 1 aliphatic heterocycles. The summed E-state index contributed by atoms with van der Waals surface area (Å²) in [4.78, 5) is 28.5. The second kappa shape index (κ2) is 5.68. The van der Waals surface area contributed by atoms with Gasteiger partial charge >= 0.3 is 0 Å². The fourth-order valence-corrected chi connectivity index (χ4v) is 2.79. The summed E-state index contributed by atoms with van der Waals surface area (Å²) in [5.41, 5.74) is 0.405. The maximum atomic E-state index is 13.1. The Bertz CT molecular complexity index is 733. The number of carbonyl (C=O) groups is 1. The highest BCUT2D eigenvalue weighted by Crippen LogP contribution is 2.14. The van der Waals surface area contributed by atoms with Crippen LogP contribution in [-0.2, 0) is 11.2 Å². The number of aryl methyl sites for hydroxylation is 1. The van der Waals surface area contributed by atoms with Crippen molar-refractivity contribution in [3.8, 4) is 0 Å². The van der Waals surface area contributed by atoms with Crippen LogP contribution in [-0.4, -0.2) is 28.9 Å². The molecule has 1 fully saturated rings. The highest BCUT2D eigenvalue weighted by Gasteiger charge is 2.17. The molecule has 2 aromatic rings. The molecule has 1 N–H and O–H groups in total. The van der Waals surface area contributed by atoms with E-state index in [1.54, 1.807) is 6.07 Å². The van der Waals surface area contributed by atoms with Crippen molar-refractivity contribution >= 4 is 16.7 Å². The van der Waals surface area contributed by atoms with Crippen LogP contribution < -0.4 is 5.56 Å². The van der Waals surface area contributed by atoms with Crippen molar-refractivity contribution in [2.45, 2.75) is 25.7 Å². The van der Waals surface area contributed by atoms with Gasteiger partial charge in [0.15, 0.2) is 0 Å². The molecule has 4 nitrogen and oxygen atoms in total. The van der Waals surface area contributed by atoms with E-state index in [0.29, 0.717) is 29.3 Å². The third kappa shape index (κ3) is 2.96. The van der Waals surface area contributed by atoms with Crippen LogP contribution in [0.4, 0.5) is 4.39 Å². The molecule has 1 aromatic carbocycles. The third-order valence-corrected chi connectivity index (χ3v) is 3.93. The quantitative estimate of drug-likeness (QED) is 0.941. The molecule has 0 spiro atoms. The fraction of sp³-hybridized carbons (Fsp3) is 0.375. The molecular formula is C16H17FN2O2. The third-order valence-electron chi connectivity index (χ3n) is 3.93. The van der Waals surface area contributed by atoms with Gasteiger partial charge < -0.3 is 9.88 Å². The Morgan fingerprint density at radius 2 is 2.00 bits per heavy atom. The molecule has 1 aliphatic rings. The largest absolute Gasteiger partial charge is 0.343 e. The van der Waals surface area contributed by atoms with E-state index >= 15 is 0 Å². The number of fused-ring (bicyclic) bond motifs is 1. The summed E-state index contributed by atoms with van der Waals surface area (Å²) in [5.74, 6) is -0.294. The Morgan fingerprint density at radius 1 is 1.24 bits per heavy atom. The number of H-pyrrole nitrogens is 1. The number of rotatable bonds is 3. The van der Waals surface area contributed by atoms with Gasteiger partial charge in [-0.3, -0.25) is 9.59 Å². The number of halogens is 1. The Balaban J connectivity index is 1.76. The van der Waals surface area contributed by atoms with E-state index in [0.717, 1.165) is 25.9 Å². The standard InChI is InChI=1S/C16H17FN2O2/c17-12-4-3-11-9-13(18-16(21)14(11)10-12)5-6-15(20)19-7-1-2-8-19/h3-4,9-10H,1-2,5-8H2,(H,18,21). The van der Waals surface area contributed by atoms with Crippen LogP contribution in [0.5, 0.6) is 0 Å². The molecule has 3 rings (SSSR count). The van der Waals surface area contributed by atoms with Crippen molar-refractivity contribution in [3.63, 3.8) is 0 Å². The first-order chi connectivity index (χ1) is 10.1. The molecule has 0 atom stereocenters. The summed E-state index contributed by atoms with van der Waals surface area (Å²) >= 11 is 0. The van der Waals surface area contributed by atoms with E-state index in [2.05, 4.69) is 4.98 Å². The average molecular weight is 288 g/mol. The van der Waals surface area contributed by atoms with Crippen LogP contribution in [0.2, 0.25) is 0 Å². The molecule has 1 amide bonds. The van der Waals surface area contributed by atoms with E-state index in [-0.39, 0.29) is 11.5 Å². The van der Waals surface area contributed by atoms with Crippen LogP contribution in [0.15, 0.2) is 29.1 Å². The van der Waals surface area contributed by atoms with E-state index < -0.39 is 5.82 Å². The number of pyridine rings is 1. The van der Waals surface area contributed by atoms with Crippen molar-refractivity contribution in [2.75, 3.05) is 13.1 Å². The Labute approximate surface area is 121 Å². The Kier molecular flexibility index (Phi) is 3.73. The van der Waals surface area contributed by atoms with Gasteiger partial charge in [0, 0.05) is 30.6 Å². The normalized spacial score (nSPS) is 14.8. The molecule has 0 radical (unpaired) electrons. The molecule has 1 saturated heterocycles. The number of carbonyl (C=O) groups excluding carboxylic acids is 1. The SMILES string of the molecule is O=C(CCc1cc2ccc(F)cc2c(=O)[nH]1)N1CCCC1. The number of nitrogens with zero attached hydrogens (tertiary/aromatic N) is 1. The number of nitrogens with one attached hydrogen (secondary N) is 1. The predicted molar refractivity (Wildman–Crippen MR) is 78.7 cm³/mol. The number of likely N-dealkylation sites (tertiary alicyclic amines) is 1. The second-order valence-electron chi connectivity index (χ2n) is 5.44. The summed E-state index contributed by atoms with van der Waals surface area (Å²) in [6.07, 6.45) is 3.04. The topological polar surface area (TPSA) is 53.2 Å². The summed E-state index contributed by atoms with van der Waals surface area (Å²) < 4.78 is 13.1. The first-order valence-electron chi connectivity index (χ1n) is 7.23. The molecule has 2 heterocycles. The lowest BCUT2D eigenvalue weighted by Crippen LogP contribution is -2.28. The molecule has 110 valence electrons. The maximum absolute atomic E-state index is 13.1. The van der Waals surface area contributed by atoms with Crippen LogP contribution in [0.3, 0.4) is 0 Å². The highest BCUT2D eigenvalue weighted by molar-refractivity contribution is 5.82. The maximum Gasteiger partial charge on any atom is 0.256 e. The first kappa shape index (κ1) is 13.8. The number of hydrogen-bond acceptors (Lipinski definition) is 2. The lowest BCUT2D eigenvalue weighted by Gasteiger charge is -2.14. The lowest BCUT2D eigenvalue weighted by molar-refractivity contribution is -0.130. The number of amides is 1. The van der Waals surface area contributed by atoms with Gasteiger partial charge in [0.2, 0.25) is 5.91 Å². The van der Waals surface area contributed by atoms with Crippen molar-refractivity contribution < 1.29 is 9.18 Å². The lowest BCUT2D eigenvalue weighted by atomic mass is 10.1. The van der Waals surface area contributed by atoms with Gasteiger partial charge in [-0.15, -0.1) is 0 Å². The number of aromatic amines is 1. The summed E-state index contributed by atoms with van der Waals surface area (Å²) in [6.45, 7) is 1.68.